The van der Waals surface area contributed by atoms with E-state index in [2.05, 4.69) is 47.0 Å². The van der Waals surface area contributed by atoms with Crippen molar-refractivity contribution in [1.29, 1.82) is 0 Å². The van der Waals surface area contributed by atoms with Crippen molar-refractivity contribution < 1.29 is 9.60 Å². The van der Waals surface area contributed by atoms with Gasteiger partial charge in [-0.05, 0) is 88.3 Å². The van der Waals surface area contributed by atoms with Gasteiger partial charge in [0.25, 0.3) is 0 Å². The van der Waals surface area contributed by atoms with Crippen LogP contribution in [0, 0.1) is 0 Å². The summed E-state index contributed by atoms with van der Waals surface area (Å²) < 4.78 is 63.9. The lowest BCUT2D eigenvalue weighted by Gasteiger charge is -2.27. The molecule has 0 saturated carbocycles. The number of hydrogen-bond acceptors (Lipinski definition) is 1. The first-order valence-corrected chi connectivity index (χ1v) is 15.9. The van der Waals surface area contributed by atoms with Crippen LogP contribution in [-0.4, -0.2) is 4.57 Å². The number of aromatic nitrogens is 1. The standard InChI is InChI=1S/C46H32N2/c1-3-13-33(14-4-1)34-25-28-39(29-26-34)47(44-24-12-16-35-15-7-8-21-41(35)44)40-20-11-17-36(31-40)37-27-30-46-43(32-37)42-22-9-10-23-45(42)48(46)38-18-5-2-6-19-38/h1-32H/i7D,8D,12D,15D,16D,21D,24D. The van der Waals surface area contributed by atoms with Gasteiger partial charge >= 0.3 is 0 Å². The Labute approximate surface area is 290 Å². The smallest absolute Gasteiger partial charge is 0.0645 e. The van der Waals surface area contributed by atoms with Crippen molar-refractivity contribution in [3.8, 4) is 27.9 Å². The number of anilines is 3. The van der Waals surface area contributed by atoms with Gasteiger partial charge in [-0.1, -0.05) is 133 Å². The Bertz CT molecular complexity index is 2930. The summed E-state index contributed by atoms with van der Waals surface area (Å²) in [6, 6.07) is 47.7. The van der Waals surface area contributed by atoms with Crippen LogP contribution in [0.2, 0.25) is 0 Å². The van der Waals surface area contributed by atoms with E-state index in [-0.39, 0.29) is 28.5 Å². The van der Waals surface area contributed by atoms with Gasteiger partial charge in [0, 0.05) is 33.2 Å². The Morgan fingerprint density at radius 1 is 0.417 bits per heavy atom. The monoisotopic (exact) mass is 619 g/mol. The highest BCUT2D eigenvalue weighted by atomic mass is 15.1. The molecule has 0 amide bonds. The van der Waals surface area contributed by atoms with Crippen LogP contribution in [0.15, 0.2) is 194 Å². The summed E-state index contributed by atoms with van der Waals surface area (Å²) in [4.78, 5) is 1.78. The van der Waals surface area contributed by atoms with Crippen LogP contribution >= 0.6 is 0 Å². The third kappa shape index (κ3) is 4.83. The fourth-order valence-electron chi connectivity index (χ4n) is 6.64. The second kappa shape index (κ2) is 11.8. The molecule has 9 aromatic rings. The molecule has 0 saturated heterocycles. The van der Waals surface area contributed by atoms with Crippen LogP contribution in [0.5, 0.6) is 0 Å². The predicted octanol–water partition coefficient (Wildman–Crippen LogP) is 12.7. The summed E-state index contributed by atoms with van der Waals surface area (Å²) in [5, 5.41) is 2.14. The average Bonchev–Trinajstić information content (AvgIpc) is 3.57. The van der Waals surface area contributed by atoms with Crippen LogP contribution in [0.1, 0.15) is 9.60 Å². The van der Waals surface area contributed by atoms with E-state index in [0.29, 0.717) is 11.4 Å². The molecule has 0 spiro atoms. The minimum atomic E-state index is -0.487. The molecule has 9 rings (SSSR count). The van der Waals surface area contributed by atoms with E-state index in [0.717, 1.165) is 49.7 Å². The summed E-state index contributed by atoms with van der Waals surface area (Å²) in [7, 11) is 0. The number of rotatable bonds is 6. The first-order chi connectivity index (χ1) is 26.7. The summed E-state index contributed by atoms with van der Waals surface area (Å²) in [5.41, 5.74) is 8.45. The quantitative estimate of drug-likeness (QED) is 0.180. The molecule has 226 valence electrons. The van der Waals surface area contributed by atoms with E-state index >= 15 is 0 Å². The SMILES string of the molecule is [2H]c1c([2H])c([2H])c2c(N(c3ccc(-c4ccccc4)cc3)c3cccc(-c4ccc5c(c4)c4ccccc4n5-c4ccccc4)c3)c([2H])c([2H])c([2H])c2c1[2H]. The molecule has 2 nitrogen and oxygen atoms in total. The Morgan fingerprint density at radius 3 is 1.92 bits per heavy atom. The highest BCUT2D eigenvalue weighted by Gasteiger charge is 2.17. The molecule has 48 heavy (non-hydrogen) atoms. The second-order valence-electron chi connectivity index (χ2n) is 11.7. The zero-order valence-electron chi connectivity index (χ0n) is 32.8. The minimum Gasteiger partial charge on any atom is -0.310 e. The summed E-state index contributed by atoms with van der Waals surface area (Å²) in [5.74, 6) is 0. The Balaban J connectivity index is 1.28. The van der Waals surface area contributed by atoms with Gasteiger partial charge in [0.05, 0.1) is 26.3 Å². The summed E-state index contributed by atoms with van der Waals surface area (Å²) in [6.45, 7) is 0. The molecular weight excluding hydrogens is 581 g/mol. The van der Waals surface area contributed by atoms with Crippen molar-refractivity contribution in [3.63, 3.8) is 0 Å². The lowest BCUT2D eigenvalue weighted by molar-refractivity contribution is 1.18. The molecule has 0 N–H and O–H groups in total. The first-order valence-electron chi connectivity index (χ1n) is 19.4. The fourth-order valence-corrected chi connectivity index (χ4v) is 6.64. The molecule has 0 unspecified atom stereocenters. The van der Waals surface area contributed by atoms with Gasteiger partial charge in [0.1, 0.15) is 0 Å². The van der Waals surface area contributed by atoms with Gasteiger partial charge in [0.15, 0.2) is 0 Å². The maximum Gasteiger partial charge on any atom is 0.0645 e. The van der Waals surface area contributed by atoms with Gasteiger partial charge in [-0.2, -0.15) is 0 Å². The van der Waals surface area contributed by atoms with Crippen LogP contribution in [0.3, 0.4) is 0 Å². The van der Waals surface area contributed by atoms with Crippen molar-refractivity contribution in [3.05, 3.63) is 194 Å². The van der Waals surface area contributed by atoms with Crippen molar-refractivity contribution in [2.24, 2.45) is 0 Å². The van der Waals surface area contributed by atoms with E-state index in [9.17, 15) is 1.37 Å². The van der Waals surface area contributed by atoms with Crippen LogP contribution < -0.4 is 4.90 Å². The first kappa shape index (κ1) is 21.4. The van der Waals surface area contributed by atoms with Gasteiger partial charge in [0.2, 0.25) is 0 Å². The van der Waals surface area contributed by atoms with Gasteiger partial charge in [-0.25, -0.2) is 0 Å². The van der Waals surface area contributed by atoms with Gasteiger partial charge in [-0.15, -0.1) is 0 Å². The second-order valence-corrected chi connectivity index (χ2v) is 11.7. The summed E-state index contributed by atoms with van der Waals surface area (Å²) >= 11 is 0. The largest absolute Gasteiger partial charge is 0.310 e. The number of fused-ring (bicyclic) bond motifs is 4. The maximum atomic E-state index is 9.27. The molecule has 0 aliphatic heterocycles. The van der Waals surface area contributed by atoms with Crippen molar-refractivity contribution in [2.75, 3.05) is 4.90 Å². The molecule has 0 radical (unpaired) electrons. The van der Waals surface area contributed by atoms with E-state index in [4.69, 9.17) is 8.22 Å². The molecule has 1 heterocycles. The fraction of sp³-hybridized carbons (Fsp3) is 0. The Morgan fingerprint density at radius 2 is 1.06 bits per heavy atom. The van der Waals surface area contributed by atoms with Crippen LogP contribution in [0.25, 0.3) is 60.5 Å². The minimum absolute atomic E-state index is 0.0182. The molecule has 0 bridgehead atoms. The van der Waals surface area contributed by atoms with Crippen molar-refractivity contribution >= 4 is 49.6 Å². The number of nitrogens with zero attached hydrogens (tertiary/aromatic N) is 2. The highest BCUT2D eigenvalue weighted by Crippen LogP contribution is 2.41. The maximum absolute atomic E-state index is 9.27. The molecule has 1 aromatic heterocycles. The van der Waals surface area contributed by atoms with Crippen LogP contribution in [0.4, 0.5) is 17.1 Å². The molecule has 0 aliphatic rings. The van der Waals surface area contributed by atoms with Crippen molar-refractivity contribution in [1.82, 2.24) is 4.57 Å². The zero-order valence-corrected chi connectivity index (χ0v) is 25.8. The van der Waals surface area contributed by atoms with E-state index in [1.54, 1.807) is 4.90 Å². The Hall–Kier alpha value is -6.38. The summed E-state index contributed by atoms with van der Waals surface area (Å²) in [6.07, 6.45) is 0. The van der Waals surface area contributed by atoms with Gasteiger partial charge in [-0.3, -0.25) is 0 Å². The third-order valence-electron chi connectivity index (χ3n) is 8.87. The van der Waals surface area contributed by atoms with E-state index in [1.807, 2.05) is 109 Å². The van der Waals surface area contributed by atoms with Gasteiger partial charge < -0.3 is 9.47 Å². The molecular formula is C46H32N2. The lowest BCUT2D eigenvalue weighted by Crippen LogP contribution is -2.10. The number of benzene rings is 8. The van der Waals surface area contributed by atoms with Crippen LogP contribution in [-0.2, 0) is 0 Å². The molecule has 0 aliphatic carbocycles. The lowest BCUT2D eigenvalue weighted by atomic mass is 10.0. The Kier molecular flexibility index (Phi) is 5.25. The predicted molar refractivity (Wildman–Crippen MR) is 204 cm³/mol. The van der Waals surface area contributed by atoms with E-state index < -0.39 is 30.2 Å². The average molecular weight is 620 g/mol. The topological polar surface area (TPSA) is 8.17 Å². The third-order valence-corrected chi connectivity index (χ3v) is 8.87. The number of para-hydroxylation sites is 2. The van der Waals surface area contributed by atoms with Crippen molar-refractivity contribution in [2.45, 2.75) is 0 Å². The highest BCUT2D eigenvalue weighted by molar-refractivity contribution is 6.10. The molecule has 0 fully saturated rings. The zero-order chi connectivity index (χ0) is 38.0. The normalized spacial score (nSPS) is 13.4. The van der Waals surface area contributed by atoms with E-state index in [1.165, 1.54) is 0 Å². The molecule has 8 aromatic carbocycles. The molecule has 2 heteroatoms. The molecule has 0 atom stereocenters. The number of hydrogen-bond donors (Lipinski definition) is 0.